The van der Waals surface area contributed by atoms with E-state index < -0.39 is 23.3 Å². The molecule has 0 spiro atoms. The number of rotatable bonds is 11. The van der Waals surface area contributed by atoms with Gasteiger partial charge in [-0.25, -0.2) is 13.4 Å². The third kappa shape index (κ3) is 5.75. The Hall–Kier alpha value is -2.11. The van der Waals surface area contributed by atoms with Gasteiger partial charge in [-0.05, 0) is 50.8 Å². The van der Waals surface area contributed by atoms with Crippen molar-refractivity contribution in [1.29, 1.82) is 0 Å². The molecule has 1 amide bonds. The minimum Gasteiger partial charge on any atom is -0.309 e. The second-order valence-corrected chi connectivity index (χ2v) is 13.1. The van der Waals surface area contributed by atoms with Gasteiger partial charge in [0.25, 0.3) is 5.91 Å². The minimum absolute atomic E-state index is 0.0118. The highest BCUT2D eigenvalue weighted by Crippen LogP contribution is 2.51. The lowest BCUT2D eigenvalue weighted by Crippen LogP contribution is -2.18. The highest BCUT2D eigenvalue weighted by Gasteiger charge is 2.28. The van der Waals surface area contributed by atoms with Crippen molar-refractivity contribution in [3.05, 3.63) is 35.0 Å². The number of amides is 1. The van der Waals surface area contributed by atoms with Crippen molar-refractivity contribution in [3.63, 3.8) is 0 Å². The van der Waals surface area contributed by atoms with Gasteiger partial charge < -0.3 is 9.05 Å². The Balaban J connectivity index is 1.60. The van der Waals surface area contributed by atoms with Crippen LogP contribution in [-0.2, 0) is 36.2 Å². The number of benzene rings is 1. The molecule has 1 fully saturated rings. The molecular weight excluding hydrogens is 499 g/mol. The molecule has 1 aliphatic rings. The number of nitrogens with zero attached hydrogens (tertiary/aromatic N) is 3. The summed E-state index contributed by atoms with van der Waals surface area (Å²) in [4.78, 5) is 17.8. The molecular formula is C21H27N4O6PS2. The molecule has 0 atom stereocenters. The standard InChI is InChI=1S/C21H27N4O6PS2/c1-4-30-32(27,31-5-2)12-15-13-33-21(22-15)23-20(26)19-17-9-8-16(34(3,28)29)10-18(17)24-25(19)11-14-6-7-14/h8-10,13-14H,4-7,11-12H2,1-3H3,(H,22,23,26). The SMILES string of the molecule is CCOP(=O)(Cc1csc(NC(=O)c2c3ccc(S(C)(=O)=O)cc3nn2CC2CC2)n1)OCC. The topological polar surface area (TPSA) is 129 Å². The zero-order chi connectivity index (χ0) is 24.5. The van der Waals surface area contributed by atoms with Gasteiger partial charge >= 0.3 is 7.60 Å². The Morgan fingerprint density at radius 3 is 2.59 bits per heavy atom. The van der Waals surface area contributed by atoms with Gasteiger partial charge in [-0.3, -0.25) is 19.4 Å². The second kappa shape index (κ2) is 9.87. The molecule has 0 radical (unpaired) electrons. The normalized spacial score (nSPS) is 14.6. The van der Waals surface area contributed by atoms with E-state index in [-0.39, 0.29) is 24.3 Å². The van der Waals surface area contributed by atoms with Crippen molar-refractivity contribution in [2.24, 2.45) is 5.92 Å². The maximum Gasteiger partial charge on any atom is 0.336 e. The predicted molar refractivity (Wildman–Crippen MR) is 130 cm³/mol. The number of thiazole rings is 1. The van der Waals surface area contributed by atoms with Crippen LogP contribution >= 0.6 is 18.9 Å². The predicted octanol–water partition coefficient (Wildman–Crippen LogP) is 4.32. The number of nitrogens with one attached hydrogen (secondary N) is 1. The van der Waals surface area contributed by atoms with Gasteiger partial charge in [0, 0.05) is 23.6 Å². The summed E-state index contributed by atoms with van der Waals surface area (Å²) in [5.74, 6) is 0.0573. The summed E-state index contributed by atoms with van der Waals surface area (Å²) in [5, 5.41) is 9.95. The lowest BCUT2D eigenvalue weighted by atomic mass is 10.2. The Morgan fingerprint density at radius 2 is 1.97 bits per heavy atom. The molecule has 1 aliphatic carbocycles. The number of hydrogen-bond acceptors (Lipinski definition) is 9. The van der Waals surface area contributed by atoms with Gasteiger partial charge in [-0.2, -0.15) is 5.10 Å². The Bertz CT molecular complexity index is 1350. The van der Waals surface area contributed by atoms with Crippen molar-refractivity contribution in [2.45, 2.75) is 44.3 Å². The van der Waals surface area contributed by atoms with E-state index in [1.54, 1.807) is 30.0 Å². The average Bonchev–Trinajstić information content (AvgIpc) is 3.33. The van der Waals surface area contributed by atoms with Crippen LogP contribution in [0.3, 0.4) is 0 Å². The van der Waals surface area contributed by atoms with E-state index in [9.17, 15) is 17.8 Å². The molecule has 0 saturated heterocycles. The molecule has 0 unspecified atom stereocenters. The van der Waals surface area contributed by atoms with E-state index in [1.807, 2.05) is 0 Å². The summed E-state index contributed by atoms with van der Waals surface area (Å²) in [6.45, 7) is 4.58. The minimum atomic E-state index is -3.40. The van der Waals surface area contributed by atoms with E-state index >= 15 is 0 Å². The fourth-order valence-electron chi connectivity index (χ4n) is 3.57. The van der Waals surface area contributed by atoms with E-state index in [4.69, 9.17) is 9.05 Å². The summed E-state index contributed by atoms with van der Waals surface area (Å²) in [5.41, 5.74) is 1.30. The fraction of sp³-hybridized carbons (Fsp3) is 0.476. The van der Waals surface area contributed by atoms with Crippen LogP contribution in [0.5, 0.6) is 0 Å². The third-order valence-electron chi connectivity index (χ3n) is 5.26. The zero-order valence-electron chi connectivity index (χ0n) is 19.2. The van der Waals surface area contributed by atoms with Crippen molar-refractivity contribution in [2.75, 3.05) is 24.8 Å². The number of carbonyl (C=O) groups is 1. The van der Waals surface area contributed by atoms with E-state index in [0.717, 1.165) is 19.1 Å². The zero-order valence-corrected chi connectivity index (χ0v) is 21.7. The van der Waals surface area contributed by atoms with Crippen LogP contribution in [0.15, 0.2) is 28.5 Å². The lowest BCUT2D eigenvalue weighted by molar-refractivity contribution is 0.101. The Kier molecular flexibility index (Phi) is 7.25. The summed E-state index contributed by atoms with van der Waals surface area (Å²) in [6, 6.07) is 4.59. The van der Waals surface area contributed by atoms with E-state index in [0.29, 0.717) is 39.9 Å². The van der Waals surface area contributed by atoms with Crippen LogP contribution in [0.25, 0.3) is 10.9 Å². The van der Waals surface area contributed by atoms with Crippen LogP contribution in [-0.4, -0.2) is 48.6 Å². The van der Waals surface area contributed by atoms with E-state index in [2.05, 4.69) is 15.4 Å². The largest absolute Gasteiger partial charge is 0.336 e. The maximum atomic E-state index is 13.3. The molecule has 0 bridgehead atoms. The number of anilines is 1. The molecule has 10 nitrogen and oxygen atoms in total. The highest BCUT2D eigenvalue weighted by molar-refractivity contribution is 7.90. The number of fused-ring (bicyclic) bond motifs is 1. The monoisotopic (exact) mass is 526 g/mol. The summed E-state index contributed by atoms with van der Waals surface area (Å²) >= 11 is 1.21. The molecule has 2 heterocycles. The van der Waals surface area contributed by atoms with Crippen LogP contribution in [0.1, 0.15) is 42.9 Å². The molecule has 1 aromatic carbocycles. The number of hydrogen-bond donors (Lipinski definition) is 1. The summed E-state index contributed by atoms with van der Waals surface area (Å²) in [7, 11) is -6.71. The molecule has 2 aromatic heterocycles. The molecule has 184 valence electrons. The Morgan fingerprint density at radius 1 is 1.26 bits per heavy atom. The van der Waals surface area contributed by atoms with Gasteiger partial charge in [0.2, 0.25) is 0 Å². The Labute approximate surface area is 202 Å². The molecule has 4 rings (SSSR count). The van der Waals surface area contributed by atoms with Crippen molar-refractivity contribution >= 4 is 50.7 Å². The van der Waals surface area contributed by atoms with Crippen molar-refractivity contribution in [3.8, 4) is 0 Å². The van der Waals surface area contributed by atoms with Gasteiger partial charge in [0.15, 0.2) is 15.0 Å². The van der Waals surface area contributed by atoms with Crippen LogP contribution in [0, 0.1) is 5.92 Å². The fourth-order valence-corrected chi connectivity index (χ4v) is 6.65. The lowest BCUT2D eigenvalue weighted by Gasteiger charge is -2.15. The van der Waals surface area contributed by atoms with E-state index in [1.165, 1.54) is 23.5 Å². The van der Waals surface area contributed by atoms with Crippen LogP contribution < -0.4 is 5.32 Å². The first-order valence-corrected chi connectivity index (χ1v) is 15.5. The molecule has 34 heavy (non-hydrogen) atoms. The van der Waals surface area contributed by atoms with Crippen LogP contribution in [0.2, 0.25) is 0 Å². The highest BCUT2D eigenvalue weighted by atomic mass is 32.2. The van der Waals surface area contributed by atoms with Crippen LogP contribution in [0.4, 0.5) is 5.13 Å². The number of carbonyl (C=O) groups excluding carboxylic acids is 1. The second-order valence-electron chi connectivity index (χ2n) is 8.13. The summed E-state index contributed by atoms with van der Waals surface area (Å²) < 4.78 is 49.0. The summed E-state index contributed by atoms with van der Waals surface area (Å²) in [6.07, 6.45) is 3.29. The first kappa shape index (κ1) is 25.0. The molecule has 3 aromatic rings. The molecule has 13 heteroatoms. The van der Waals surface area contributed by atoms with Gasteiger partial charge in [-0.1, -0.05) is 0 Å². The van der Waals surface area contributed by atoms with Gasteiger partial charge in [0.1, 0.15) is 5.69 Å². The smallest absolute Gasteiger partial charge is 0.309 e. The van der Waals surface area contributed by atoms with Gasteiger partial charge in [0.05, 0.1) is 35.5 Å². The van der Waals surface area contributed by atoms with Gasteiger partial charge in [-0.15, -0.1) is 11.3 Å². The third-order valence-corrected chi connectivity index (χ3v) is 9.19. The first-order chi connectivity index (χ1) is 16.1. The maximum absolute atomic E-state index is 13.3. The number of sulfone groups is 1. The van der Waals surface area contributed by atoms with Crippen molar-refractivity contribution in [1.82, 2.24) is 14.8 Å². The quantitative estimate of drug-likeness (QED) is 0.366. The molecule has 1 N–H and O–H groups in total. The van der Waals surface area contributed by atoms with Crippen molar-refractivity contribution < 1.29 is 26.8 Å². The first-order valence-electron chi connectivity index (χ1n) is 11.0. The number of aromatic nitrogens is 3. The molecule has 0 aliphatic heterocycles. The average molecular weight is 527 g/mol. The molecule has 1 saturated carbocycles.